The first kappa shape index (κ1) is 20.0. The summed E-state index contributed by atoms with van der Waals surface area (Å²) in [4.78, 5) is 30.2. The van der Waals surface area contributed by atoms with Crippen LogP contribution in [0.15, 0.2) is 78.9 Å². The minimum atomic E-state index is -0.323. The van der Waals surface area contributed by atoms with Crippen molar-refractivity contribution in [3.63, 3.8) is 0 Å². The Bertz CT molecular complexity index is 1300. The number of amides is 2. The number of nitrogens with one attached hydrogen (secondary N) is 2. The molecule has 2 heterocycles. The number of benzene rings is 3. The van der Waals surface area contributed by atoms with E-state index in [4.69, 9.17) is 4.98 Å². The minimum Gasteiger partial charge on any atom is -0.346 e. The number of carbonyl (C=O) groups excluding carboxylic acids is 2. The number of aromatic nitrogens is 2. The van der Waals surface area contributed by atoms with E-state index in [1.54, 1.807) is 6.07 Å². The van der Waals surface area contributed by atoms with Gasteiger partial charge in [0.15, 0.2) is 0 Å². The zero-order valence-electron chi connectivity index (χ0n) is 17.8. The lowest BCUT2D eigenvalue weighted by Gasteiger charge is -2.20. The van der Waals surface area contributed by atoms with Gasteiger partial charge in [0.2, 0.25) is 5.91 Å². The van der Waals surface area contributed by atoms with Crippen LogP contribution < -0.4 is 10.6 Å². The highest BCUT2D eigenvalue weighted by molar-refractivity contribution is 5.99. The predicted octanol–water partition coefficient (Wildman–Crippen LogP) is 3.85. The molecule has 5 rings (SSSR count). The number of imidazole rings is 1. The van der Waals surface area contributed by atoms with E-state index in [1.807, 2.05) is 72.3 Å². The van der Waals surface area contributed by atoms with E-state index in [0.29, 0.717) is 12.0 Å². The summed E-state index contributed by atoms with van der Waals surface area (Å²) in [5.74, 6) is 0.550. The summed E-state index contributed by atoms with van der Waals surface area (Å²) in [5, 5.41) is 6.11. The van der Waals surface area contributed by atoms with Crippen molar-refractivity contribution < 1.29 is 9.59 Å². The van der Waals surface area contributed by atoms with Crippen molar-refractivity contribution in [3.05, 3.63) is 101 Å². The van der Waals surface area contributed by atoms with Crippen LogP contribution in [-0.2, 0) is 18.3 Å². The fourth-order valence-corrected chi connectivity index (χ4v) is 4.45. The van der Waals surface area contributed by atoms with Gasteiger partial charge in [0.05, 0.1) is 29.5 Å². The molecule has 0 aliphatic carbocycles. The van der Waals surface area contributed by atoms with Gasteiger partial charge in [-0.3, -0.25) is 9.59 Å². The van der Waals surface area contributed by atoms with Gasteiger partial charge in [-0.05, 0) is 35.7 Å². The maximum absolute atomic E-state index is 13.1. The fourth-order valence-electron chi connectivity index (χ4n) is 4.45. The Morgan fingerprint density at radius 1 is 1.03 bits per heavy atom. The smallest absolute Gasteiger partial charge is 0.252 e. The number of nitrogens with zero attached hydrogens (tertiary/aromatic N) is 2. The SMILES string of the molecule is Cn1c([C@@H](Cc2ccccc2)NC(=O)CC2NC(=O)c3ccccc32)nc2ccccc21. The molecule has 0 bridgehead atoms. The molecule has 0 saturated heterocycles. The van der Waals surface area contributed by atoms with Gasteiger partial charge >= 0.3 is 0 Å². The second-order valence-electron chi connectivity index (χ2n) is 8.14. The summed E-state index contributed by atoms with van der Waals surface area (Å²) < 4.78 is 2.04. The highest BCUT2D eigenvalue weighted by Gasteiger charge is 2.30. The van der Waals surface area contributed by atoms with E-state index >= 15 is 0 Å². The molecule has 2 atom stereocenters. The van der Waals surface area contributed by atoms with Gasteiger partial charge in [-0.1, -0.05) is 60.7 Å². The van der Waals surface area contributed by atoms with Gasteiger partial charge in [-0.25, -0.2) is 4.98 Å². The van der Waals surface area contributed by atoms with E-state index in [9.17, 15) is 9.59 Å². The first-order valence-electron chi connectivity index (χ1n) is 10.7. The third-order valence-electron chi connectivity index (χ3n) is 6.03. The molecule has 3 aromatic carbocycles. The number of hydrogen-bond acceptors (Lipinski definition) is 3. The van der Waals surface area contributed by atoms with Gasteiger partial charge in [0, 0.05) is 12.6 Å². The normalized spacial score (nSPS) is 15.9. The molecule has 1 aliphatic rings. The Morgan fingerprint density at radius 2 is 1.75 bits per heavy atom. The highest BCUT2D eigenvalue weighted by Crippen LogP contribution is 2.28. The number of aryl methyl sites for hydroxylation is 1. The Kier molecular flexibility index (Phi) is 5.19. The van der Waals surface area contributed by atoms with Gasteiger partial charge in [-0.15, -0.1) is 0 Å². The molecule has 2 N–H and O–H groups in total. The van der Waals surface area contributed by atoms with Crippen LogP contribution in [0.1, 0.15) is 45.8 Å². The Labute approximate surface area is 186 Å². The first-order valence-corrected chi connectivity index (χ1v) is 10.7. The van der Waals surface area contributed by atoms with Crippen LogP contribution in [0.5, 0.6) is 0 Å². The van der Waals surface area contributed by atoms with Crippen LogP contribution in [0.4, 0.5) is 0 Å². The molecule has 6 heteroatoms. The zero-order valence-corrected chi connectivity index (χ0v) is 17.8. The van der Waals surface area contributed by atoms with Crippen LogP contribution in [0, 0.1) is 0 Å². The molecule has 160 valence electrons. The molecule has 1 unspecified atom stereocenters. The quantitative estimate of drug-likeness (QED) is 0.494. The fraction of sp³-hybridized carbons (Fsp3) is 0.192. The minimum absolute atomic E-state index is 0.125. The van der Waals surface area contributed by atoms with Crippen molar-refractivity contribution in [1.82, 2.24) is 20.2 Å². The summed E-state index contributed by atoms with van der Waals surface area (Å²) in [6.07, 6.45) is 0.801. The molecule has 6 nitrogen and oxygen atoms in total. The molecule has 0 radical (unpaired) electrons. The standard InChI is InChI=1S/C26H24N4O2/c1-30-23-14-8-7-13-20(23)28-25(30)22(15-17-9-3-2-4-10-17)27-24(31)16-21-18-11-5-6-12-19(18)26(32)29-21/h2-14,21-22H,15-16H2,1H3,(H,27,31)(H,29,32)/t21?,22-/m1/s1. The highest BCUT2D eigenvalue weighted by atomic mass is 16.2. The molecular weight excluding hydrogens is 400 g/mol. The Balaban J connectivity index is 1.41. The monoisotopic (exact) mass is 424 g/mol. The van der Waals surface area contributed by atoms with E-state index in [1.165, 1.54) is 0 Å². The number of rotatable bonds is 6. The maximum Gasteiger partial charge on any atom is 0.252 e. The molecule has 1 aromatic heterocycles. The van der Waals surface area contributed by atoms with E-state index < -0.39 is 0 Å². The van der Waals surface area contributed by atoms with Crippen molar-refractivity contribution in [3.8, 4) is 0 Å². The van der Waals surface area contributed by atoms with Crippen LogP contribution >= 0.6 is 0 Å². The van der Waals surface area contributed by atoms with Crippen molar-refractivity contribution in [1.29, 1.82) is 0 Å². The van der Waals surface area contributed by atoms with Crippen molar-refractivity contribution in [2.75, 3.05) is 0 Å². The lowest BCUT2D eigenvalue weighted by atomic mass is 10.0. The van der Waals surface area contributed by atoms with Crippen molar-refractivity contribution in [2.24, 2.45) is 7.05 Å². The summed E-state index contributed by atoms with van der Waals surface area (Å²) in [6, 6.07) is 24.8. The first-order chi connectivity index (χ1) is 15.6. The van der Waals surface area contributed by atoms with Crippen LogP contribution in [-0.4, -0.2) is 21.4 Å². The van der Waals surface area contributed by atoms with Crippen LogP contribution in [0.2, 0.25) is 0 Å². The van der Waals surface area contributed by atoms with Gasteiger partial charge in [0.1, 0.15) is 5.82 Å². The summed E-state index contributed by atoms with van der Waals surface area (Å²) >= 11 is 0. The number of para-hydroxylation sites is 2. The average molecular weight is 425 g/mol. The lowest BCUT2D eigenvalue weighted by Crippen LogP contribution is -2.34. The number of carbonyl (C=O) groups is 2. The number of hydrogen-bond donors (Lipinski definition) is 2. The van der Waals surface area contributed by atoms with Crippen LogP contribution in [0.3, 0.4) is 0 Å². The predicted molar refractivity (Wildman–Crippen MR) is 123 cm³/mol. The van der Waals surface area contributed by atoms with Crippen molar-refractivity contribution in [2.45, 2.75) is 24.9 Å². The second kappa shape index (κ2) is 8.30. The molecule has 0 saturated carbocycles. The number of fused-ring (bicyclic) bond motifs is 2. The molecule has 0 spiro atoms. The van der Waals surface area contributed by atoms with Crippen LogP contribution in [0.25, 0.3) is 11.0 Å². The van der Waals surface area contributed by atoms with Gasteiger partial charge < -0.3 is 15.2 Å². The molecule has 0 fully saturated rings. The largest absolute Gasteiger partial charge is 0.346 e. The summed E-state index contributed by atoms with van der Waals surface area (Å²) in [6.45, 7) is 0. The van der Waals surface area contributed by atoms with Gasteiger partial charge in [0.25, 0.3) is 5.91 Å². The lowest BCUT2D eigenvalue weighted by molar-refractivity contribution is -0.122. The third kappa shape index (κ3) is 3.75. The Morgan fingerprint density at radius 3 is 2.56 bits per heavy atom. The molecule has 32 heavy (non-hydrogen) atoms. The van der Waals surface area contributed by atoms with E-state index in [-0.39, 0.29) is 30.3 Å². The second-order valence-corrected chi connectivity index (χ2v) is 8.14. The molecule has 4 aromatic rings. The summed E-state index contributed by atoms with van der Waals surface area (Å²) in [7, 11) is 1.97. The van der Waals surface area contributed by atoms with E-state index in [0.717, 1.165) is 28.0 Å². The van der Waals surface area contributed by atoms with Crippen molar-refractivity contribution >= 4 is 22.8 Å². The zero-order chi connectivity index (χ0) is 22.1. The van der Waals surface area contributed by atoms with Gasteiger partial charge in [-0.2, -0.15) is 0 Å². The average Bonchev–Trinajstić information content (AvgIpc) is 3.31. The Hall–Kier alpha value is -3.93. The third-order valence-corrected chi connectivity index (χ3v) is 6.03. The molecular formula is C26H24N4O2. The topological polar surface area (TPSA) is 76.0 Å². The van der Waals surface area contributed by atoms with E-state index in [2.05, 4.69) is 22.8 Å². The molecule has 1 aliphatic heterocycles. The molecule has 2 amide bonds. The summed E-state index contributed by atoms with van der Waals surface area (Å²) in [5.41, 5.74) is 4.54. The maximum atomic E-state index is 13.1.